The van der Waals surface area contributed by atoms with E-state index in [4.69, 9.17) is 11.6 Å². The molecule has 0 saturated carbocycles. The maximum Gasteiger partial charge on any atom is 0.417 e. The molecular formula is C15H13ClF3N3O3S2. The van der Waals surface area contributed by atoms with Crippen LogP contribution >= 0.6 is 22.9 Å². The van der Waals surface area contributed by atoms with E-state index in [1.165, 1.54) is 17.6 Å². The molecule has 1 heterocycles. The number of hydrogen-bond acceptors (Lipinski definition) is 5. The van der Waals surface area contributed by atoms with Crippen LogP contribution in [0, 0.1) is 0 Å². The summed E-state index contributed by atoms with van der Waals surface area (Å²) in [4.78, 5) is 12.7. The second kappa shape index (κ2) is 8.28. The lowest BCUT2D eigenvalue weighted by molar-refractivity contribution is -0.137. The van der Waals surface area contributed by atoms with E-state index >= 15 is 0 Å². The molecule has 6 nitrogen and oxygen atoms in total. The molecule has 0 aliphatic carbocycles. The Morgan fingerprint density at radius 2 is 2.07 bits per heavy atom. The van der Waals surface area contributed by atoms with Gasteiger partial charge in [-0.05, 0) is 29.6 Å². The smallest absolute Gasteiger partial charge is 0.271 e. The van der Waals surface area contributed by atoms with Gasteiger partial charge >= 0.3 is 6.18 Å². The first kappa shape index (κ1) is 21.2. The van der Waals surface area contributed by atoms with Crippen LogP contribution in [0.1, 0.15) is 10.4 Å². The van der Waals surface area contributed by atoms with Crippen LogP contribution in [0.5, 0.6) is 0 Å². The quantitative estimate of drug-likeness (QED) is 0.554. The van der Waals surface area contributed by atoms with Gasteiger partial charge in [0.2, 0.25) is 10.0 Å². The highest BCUT2D eigenvalue weighted by molar-refractivity contribution is 7.92. The molecule has 0 saturated heterocycles. The van der Waals surface area contributed by atoms with E-state index in [2.05, 4.69) is 10.5 Å². The highest BCUT2D eigenvalue weighted by atomic mass is 35.5. The van der Waals surface area contributed by atoms with Crippen molar-refractivity contribution in [1.29, 1.82) is 0 Å². The van der Waals surface area contributed by atoms with Crippen molar-refractivity contribution < 1.29 is 26.4 Å². The fourth-order valence-corrected chi connectivity index (χ4v) is 3.64. The first-order valence-electron chi connectivity index (χ1n) is 7.18. The van der Waals surface area contributed by atoms with Crippen LogP contribution in [0.2, 0.25) is 5.02 Å². The molecule has 0 spiro atoms. The molecule has 0 fully saturated rings. The number of thiophene rings is 1. The Balaban J connectivity index is 2.22. The maximum atomic E-state index is 13.0. The number of hydrogen-bond donors (Lipinski definition) is 1. The Bertz CT molecular complexity index is 945. The van der Waals surface area contributed by atoms with Gasteiger partial charge in [0, 0.05) is 4.88 Å². The van der Waals surface area contributed by atoms with Crippen molar-refractivity contribution in [3.8, 4) is 0 Å². The first-order valence-corrected chi connectivity index (χ1v) is 10.3. The molecule has 0 radical (unpaired) electrons. The number of anilines is 1. The minimum absolute atomic E-state index is 0.341. The van der Waals surface area contributed by atoms with Crippen LogP contribution in [0.15, 0.2) is 40.8 Å². The highest BCUT2D eigenvalue weighted by Gasteiger charge is 2.34. The van der Waals surface area contributed by atoms with E-state index in [9.17, 15) is 26.4 Å². The second-order valence-corrected chi connectivity index (χ2v) is 8.53. The number of halogens is 4. The molecule has 2 rings (SSSR count). The third kappa shape index (κ3) is 5.94. The lowest BCUT2D eigenvalue weighted by Crippen LogP contribution is -2.39. The molecule has 0 atom stereocenters. The molecule has 1 aromatic heterocycles. The van der Waals surface area contributed by atoms with Gasteiger partial charge < -0.3 is 0 Å². The third-order valence-electron chi connectivity index (χ3n) is 3.16. The number of nitrogens with one attached hydrogen (secondary N) is 1. The van der Waals surface area contributed by atoms with Gasteiger partial charge in [0.25, 0.3) is 5.91 Å². The molecule has 0 bridgehead atoms. The zero-order valence-corrected chi connectivity index (χ0v) is 16.1. The van der Waals surface area contributed by atoms with Crippen molar-refractivity contribution in [2.75, 3.05) is 17.1 Å². The maximum absolute atomic E-state index is 13.0. The van der Waals surface area contributed by atoms with Crippen LogP contribution in [-0.2, 0) is 21.0 Å². The molecule has 0 aliphatic rings. The summed E-state index contributed by atoms with van der Waals surface area (Å²) in [5.74, 6) is -0.822. The summed E-state index contributed by atoms with van der Waals surface area (Å²) in [5, 5.41) is 4.90. The summed E-state index contributed by atoms with van der Waals surface area (Å²) in [7, 11) is -4.04. The summed E-state index contributed by atoms with van der Waals surface area (Å²) in [6.45, 7) is -0.750. The van der Waals surface area contributed by atoms with Crippen molar-refractivity contribution in [2.24, 2.45) is 5.10 Å². The minimum atomic E-state index is -4.77. The SMILES string of the molecule is CS(=O)(=O)N(CC(=O)N/N=C\c1cccs1)c1ccc(Cl)c(C(F)(F)F)c1. The van der Waals surface area contributed by atoms with Crippen LogP contribution < -0.4 is 9.73 Å². The van der Waals surface area contributed by atoms with Gasteiger partial charge in [0.15, 0.2) is 0 Å². The molecule has 146 valence electrons. The zero-order chi connectivity index (χ0) is 20.2. The summed E-state index contributed by atoms with van der Waals surface area (Å²) in [5.41, 5.74) is 0.589. The lowest BCUT2D eigenvalue weighted by Gasteiger charge is -2.22. The van der Waals surface area contributed by atoms with Crippen LogP contribution in [-0.4, -0.2) is 33.3 Å². The lowest BCUT2D eigenvalue weighted by atomic mass is 10.2. The molecule has 1 amide bonds. The highest BCUT2D eigenvalue weighted by Crippen LogP contribution is 2.37. The van der Waals surface area contributed by atoms with E-state index in [0.717, 1.165) is 23.3 Å². The number of sulfonamides is 1. The number of hydrazone groups is 1. The predicted molar refractivity (Wildman–Crippen MR) is 98.7 cm³/mol. The van der Waals surface area contributed by atoms with E-state index in [1.807, 2.05) is 0 Å². The largest absolute Gasteiger partial charge is 0.417 e. The summed E-state index contributed by atoms with van der Waals surface area (Å²) >= 11 is 6.91. The number of benzene rings is 1. The van der Waals surface area contributed by atoms with Gasteiger partial charge in [0.05, 0.1) is 28.7 Å². The molecular weight excluding hydrogens is 427 g/mol. The molecule has 0 aliphatic heterocycles. The average Bonchev–Trinajstić information content (AvgIpc) is 3.04. The van der Waals surface area contributed by atoms with Gasteiger partial charge in [-0.2, -0.15) is 18.3 Å². The Kier molecular flexibility index (Phi) is 6.50. The van der Waals surface area contributed by atoms with Gasteiger partial charge in [-0.15, -0.1) is 11.3 Å². The fraction of sp³-hybridized carbons (Fsp3) is 0.200. The van der Waals surface area contributed by atoms with Crippen molar-refractivity contribution in [2.45, 2.75) is 6.18 Å². The van der Waals surface area contributed by atoms with Crippen molar-refractivity contribution in [3.63, 3.8) is 0 Å². The van der Waals surface area contributed by atoms with Gasteiger partial charge in [-0.1, -0.05) is 17.7 Å². The Morgan fingerprint density at radius 1 is 1.37 bits per heavy atom. The predicted octanol–water partition coefficient (Wildman–Crippen LogP) is 3.34. The second-order valence-electron chi connectivity index (χ2n) is 5.24. The number of carbonyl (C=O) groups is 1. The number of nitrogens with zero attached hydrogens (tertiary/aromatic N) is 2. The van der Waals surface area contributed by atoms with Crippen LogP contribution in [0.25, 0.3) is 0 Å². The Hall–Kier alpha value is -2.11. The molecule has 1 N–H and O–H groups in total. The van der Waals surface area contributed by atoms with Gasteiger partial charge in [-0.25, -0.2) is 13.8 Å². The van der Waals surface area contributed by atoms with Crippen molar-refractivity contribution in [3.05, 3.63) is 51.2 Å². The summed E-state index contributed by atoms with van der Waals surface area (Å²) < 4.78 is 63.5. The zero-order valence-electron chi connectivity index (χ0n) is 13.7. The standard InChI is InChI=1S/C15H13ClF3N3O3S2/c1-27(24,25)22(9-14(23)21-20-8-11-3-2-6-26-11)10-4-5-13(16)12(7-10)15(17,18)19/h2-8H,9H2,1H3,(H,21,23)/b20-8-. The van der Waals surface area contributed by atoms with Gasteiger partial charge in [0.1, 0.15) is 6.54 Å². The summed E-state index contributed by atoms with van der Waals surface area (Å²) in [6.07, 6.45) is -2.64. The van der Waals surface area contributed by atoms with Crippen molar-refractivity contribution >= 4 is 50.8 Å². The Labute approximate surface area is 162 Å². The average molecular weight is 440 g/mol. The summed E-state index contributed by atoms with van der Waals surface area (Å²) in [6, 6.07) is 6.10. The molecule has 2 aromatic rings. The third-order valence-corrected chi connectivity index (χ3v) is 5.43. The number of rotatable bonds is 6. The van der Waals surface area contributed by atoms with E-state index < -0.39 is 39.2 Å². The number of amides is 1. The molecule has 1 aromatic carbocycles. The van der Waals surface area contributed by atoms with Crippen molar-refractivity contribution in [1.82, 2.24) is 5.43 Å². The van der Waals surface area contributed by atoms with Crippen LogP contribution in [0.3, 0.4) is 0 Å². The van der Waals surface area contributed by atoms with E-state index in [1.54, 1.807) is 17.5 Å². The van der Waals surface area contributed by atoms with Crippen LogP contribution in [0.4, 0.5) is 18.9 Å². The monoisotopic (exact) mass is 439 g/mol. The molecule has 12 heteroatoms. The number of alkyl halides is 3. The topological polar surface area (TPSA) is 78.8 Å². The molecule has 0 unspecified atom stereocenters. The molecule has 27 heavy (non-hydrogen) atoms. The first-order chi connectivity index (χ1) is 12.5. The Morgan fingerprint density at radius 3 is 2.63 bits per heavy atom. The number of carbonyl (C=O) groups excluding carboxylic acids is 1. The van der Waals surface area contributed by atoms with Gasteiger partial charge in [-0.3, -0.25) is 9.10 Å². The minimum Gasteiger partial charge on any atom is -0.271 e. The normalized spacial score (nSPS) is 12.3. The van der Waals surface area contributed by atoms with E-state index in [0.29, 0.717) is 10.4 Å². The van der Waals surface area contributed by atoms with E-state index in [-0.39, 0.29) is 5.69 Å². The fourth-order valence-electron chi connectivity index (χ4n) is 1.98.